The third kappa shape index (κ3) is 5.69. The Bertz CT molecular complexity index is 921. The van der Waals surface area contributed by atoms with Gasteiger partial charge >= 0.3 is 5.97 Å². The second kappa shape index (κ2) is 10.1. The zero-order chi connectivity index (χ0) is 20.5. The molecule has 0 N–H and O–H groups in total. The molecule has 0 spiro atoms. The minimum Gasteiger partial charge on any atom is -0.497 e. The van der Waals surface area contributed by atoms with Gasteiger partial charge in [0.15, 0.2) is 6.10 Å². The average molecular weight is 390 g/mol. The van der Waals surface area contributed by atoms with Crippen LogP contribution in [0.2, 0.25) is 0 Å². The maximum Gasteiger partial charge on any atom is 0.310 e. The molecule has 3 rings (SSSR count). The summed E-state index contributed by atoms with van der Waals surface area (Å²) < 4.78 is 16.2. The van der Waals surface area contributed by atoms with Gasteiger partial charge in [-0.1, -0.05) is 60.7 Å². The van der Waals surface area contributed by atoms with Gasteiger partial charge in [0.25, 0.3) is 0 Å². The van der Waals surface area contributed by atoms with Crippen molar-refractivity contribution in [2.75, 3.05) is 13.7 Å². The molecule has 0 bridgehead atoms. The molecule has 0 aromatic heterocycles. The van der Waals surface area contributed by atoms with Crippen LogP contribution in [0.1, 0.15) is 28.4 Å². The van der Waals surface area contributed by atoms with Crippen molar-refractivity contribution >= 4 is 11.8 Å². The molecule has 1 unspecified atom stereocenters. The molecule has 0 radical (unpaired) electrons. The fraction of sp³-hybridized carbons (Fsp3) is 0.167. The Balaban J connectivity index is 1.62. The van der Waals surface area contributed by atoms with Crippen LogP contribution in [0.3, 0.4) is 0 Å². The number of carbonyl (C=O) groups is 2. The van der Waals surface area contributed by atoms with E-state index in [2.05, 4.69) is 0 Å². The van der Waals surface area contributed by atoms with Crippen LogP contribution in [0.5, 0.6) is 11.5 Å². The number of rotatable bonds is 9. The fourth-order valence-corrected chi connectivity index (χ4v) is 2.77. The van der Waals surface area contributed by atoms with Gasteiger partial charge in [-0.3, -0.25) is 9.59 Å². The van der Waals surface area contributed by atoms with E-state index >= 15 is 0 Å². The van der Waals surface area contributed by atoms with Gasteiger partial charge in [-0.2, -0.15) is 0 Å². The molecular formula is C24H22O5. The summed E-state index contributed by atoms with van der Waals surface area (Å²) in [6, 6.07) is 24.9. The van der Waals surface area contributed by atoms with Crippen molar-refractivity contribution < 1.29 is 23.8 Å². The highest BCUT2D eigenvalue weighted by molar-refractivity contribution is 6.00. The van der Waals surface area contributed by atoms with Crippen molar-refractivity contribution in [2.45, 2.75) is 12.5 Å². The maximum atomic E-state index is 12.9. The highest BCUT2D eigenvalue weighted by atomic mass is 16.5. The molecule has 148 valence electrons. The first-order valence-corrected chi connectivity index (χ1v) is 9.28. The Morgan fingerprint density at radius 1 is 0.793 bits per heavy atom. The standard InChI is InChI=1S/C24H22O5/c1-27-20-12-14-21(15-13-20)28-17-16-22(25)29-24(19-10-6-3-7-11-19)23(26)18-8-4-2-5-9-18/h2-15,24H,16-17H2,1H3. The lowest BCUT2D eigenvalue weighted by molar-refractivity contribution is -0.147. The summed E-state index contributed by atoms with van der Waals surface area (Å²) in [6.45, 7) is 0.145. The number of Topliss-reactive ketones (excluding diaryl/α,β-unsaturated/α-hetero) is 1. The number of esters is 1. The fourth-order valence-electron chi connectivity index (χ4n) is 2.77. The first-order chi connectivity index (χ1) is 14.2. The van der Waals surface area contributed by atoms with Gasteiger partial charge in [-0.15, -0.1) is 0 Å². The van der Waals surface area contributed by atoms with Crippen molar-refractivity contribution in [1.29, 1.82) is 0 Å². The molecule has 3 aromatic carbocycles. The van der Waals surface area contributed by atoms with Crippen LogP contribution in [0.15, 0.2) is 84.9 Å². The SMILES string of the molecule is COc1ccc(OCCC(=O)OC(C(=O)c2ccccc2)c2ccccc2)cc1. The van der Waals surface area contributed by atoms with E-state index in [1.807, 2.05) is 12.1 Å². The summed E-state index contributed by atoms with van der Waals surface area (Å²) in [7, 11) is 1.59. The van der Waals surface area contributed by atoms with Crippen LogP contribution in [0.25, 0.3) is 0 Å². The Kier molecular flexibility index (Phi) is 7.00. The van der Waals surface area contributed by atoms with E-state index < -0.39 is 12.1 Å². The molecule has 0 aliphatic heterocycles. The molecule has 0 saturated heterocycles. The van der Waals surface area contributed by atoms with E-state index in [4.69, 9.17) is 14.2 Å². The lowest BCUT2D eigenvalue weighted by Crippen LogP contribution is -2.21. The molecule has 1 atom stereocenters. The smallest absolute Gasteiger partial charge is 0.310 e. The van der Waals surface area contributed by atoms with Crippen molar-refractivity contribution in [1.82, 2.24) is 0 Å². The van der Waals surface area contributed by atoms with Crippen molar-refractivity contribution in [3.8, 4) is 11.5 Å². The second-order valence-electron chi connectivity index (χ2n) is 6.28. The van der Waals surface area contributed by atoms with E-state index in [-0.39, 0.29) is 18.8 Å². The first-order valence-electron chi connectivity index (χ1n) is 9.28. The normalized spacial score (nSPS) is 11.3. The summed E-state index contributed by atoms with van der Waals surface area (Å²) in [5, 5.41) is 0. The molecule has 5 nitrogen and oxygen atoms in total. The Morgan fingerprint density at radius 3 is 2.00 bits per heavy atom. The topological polar surface area (TPSA) is 61.8 Å². The lowest BCUT2D eigenvalue weighted by atomic mass is 10.00. The number of hydrogen-bond donors (Lipinski definition) is 0. The van der Waals surface area contributed by atoms with Crippen molar-refractivity contribution in [3.63, 3.8) is 0 Å². The molecule has 0 saturated carbocycles. The van der Waals surface area contributed by atoms with Crippen molar-refractivity contribution in [3.05, 3.63) is 96.1 Å². The zero-order valence-electron chi connectivity index (χ0n) is 16.1. The molecular weight excluding hydrogens is 368 g/mol. The lowest BCUT2D eigenvalue weighted by Gasteiger charge is -2.17. The molecule has 0 aliphatic rings. The van der Waals surface area contributed by atoms with Crippen LogP contribution in [-0.4, -0.2) is 25.5 Å². The second-order valence-corrected chi connectivity index (χ2v) is 6.28. The molecule has 0 heterocycles. The molecule has 3 aromatic rings. The minimum atomic E-state index is -0.993. The number of ketones is 1. The van der Waals surface area contributed by atoms with E-state index in [9.17, 15) is 9.59 Å². The van der Waals surface area contributed by atoms with Crippen LogP contribution in [0.4, 0.5) is 0 Å². The monoisotopic (exact) mass is 390 g/mol. The predicted molar refractivity (Wildman–Crippen MR) is 109 cm³/mol. The van der Waals surface area contributed by atoms with Crippen LogP contribution < -0.4 is 9.47 Å². The largest absolute Gasteiger partial charge is 0.497 e. The van der Waals surface area contributed by atoms with Crippen LogP contribution in [0, 0.1) is 0 Å². The van der Waals surface area contributed by atoms with Gasteiger partial charge in [0.1, 0.15) is 11.5 Å². The number of hydrogen-bond acceptors (Lipinski definition) is 5. The average Bonchev–Trinajstić information content (AvgIpc) is 2.78. The summed E-state index contributed by atoms with van der Waals surface area (Å²) in [6.07, 6.45) is -0.968. The third-order valence-electron chi connectivity index (χ3n) is 4.28. The summed E-state index contributed by atoms with van der Waals surface area (Å²) in [4.78, 5) is 25.3. The summed E-state index contributed by atoms with van der Waals surface area (Å²) in [5.74, 6) is 0.582. The Labute approximate surface area is 169 Å². The maximum absolute atomic E-state index is 12.9. The predicted octanol–water partition coefficient (Wildman–Crippen LogP) is 4.63. The highest BCUT2D eigenvalue weighted by Crippen LogP contribution is 2.23. The van der Waals surface area contributed by atoms with E-state index in [1.165, 1.54) is 0 Å². The first kappa shape index (κ1) is 20.1. The van der Waals surface area contributed by atoms with Gasteiger partial charge in [0, 0.05) is 11.1 Å². The van der Waals surface area contributed by atoms with Gasteiger partial charge in [0.2, 0.25) is 5.78 Å². The molecule has 0 amide bonds. The van der Waals surface area contributed by atoms with Gasteiger partial charge in [-0.05, 0) is 24.3 Å². The molecule has 0 aliphatic carbocycles. The molecule has 0 fully saturated rings. The number of benzene rings is 3. The minimum absolute atomic E-state index is 0.0252. The van der Waals surface area contributed by atoms with Crippen LogP contribution >= 0.6 is 0 Å². The zero-order valence-corrected chi connectivity index (χ0v) is 16.1. The van der Waals surface area contributed by atoms with Gasteiger partial charge < -0.3 is 14.2 Å². The van der Waals surface area contributed by atoms with Crippen LogP contribution in [-0.2, 0) is 9.53 Å². The van der Waals surface area contributed by atoms with Gasteiger partial charge in [-0.25, -0.2) is 0 Å². The number of methoxy groups -OCH3 is 1. The summed E-state index contributed by atoms with van der Waals surface area (Å²) >= 11 is 0. The molecule has 29 heavy (non-hydrogen) atoms. The quantitative estimate of drug-likeness (QED) is 0.394. The summed E-state index contributed by atoms with van der Waals surface area (Å²) in [5.41, 5.74) is 1.12. The number of carbonyl (C=O) groups excluding carboxylic acids is 2. The van der Waals surface area contributed by atoms with Crippen molar-refractivity contribution in [2.24, 2.45) is 0 Å². The van der Waals surface area contributed by atoms with Gasteiger partial charge in [0.05, 0.1) is 20.1 Å². The highest BCUT2D eigenvalue weighted by Gasteiger charge is 2.25. The molecule has 5 heteroatoms. The Morgan fingerprint density at radius 2 is 1.38 bits per heavy atom. The van der Waals surface area contributed by atoms with E-state index in [0.717, 1.165) is 5.75 Å². The Hall–Kier alpha value is -3.60. The third-order valence-corrected chi connectivity index (χ3v) is 4.28. The van der Waals surface area contributed by atoms with E-state index in [1.54, 1.807) is 79.9 Å². The van der Waals surface area contributed by atoms with E-state index in [0.29, 0.717) is 16.9 Å². The number of ether oxygens (including phenoxy) is 3.